The molecule has 0 atom stereocenters. The van der Waals surface area contributed by atoms with Crippen LogP contribution in [0.25, 0.3) is 0 Å². The summed E-state index contributed by atoms with van der Waals surface area (Å²) in [4.78, 5) is 21.8. The second kappa shape index (κ2) is 10.7. The monoisotopic (exact) mass is 464 g/mol. The molecule has 0 aliphatic heterocycles. The van der Waals surface area contributed by atoms with E-state index in [9.17, 15) is 14.4 Å². The Labute approximate surface area is 184 Å². The summed E-state index contributed by atoms with van der Waals surface area (Å²) in [6.07, 6.45) is 3.81. The number of primary amides is 1. The Morgan fingerprint density at radius 3 is 2.88 bits per heavy atom. The molecule has 0 unspecified atom stereocenters. The van der Waals surface area contributed by atoms with E-state index in [1.807, 2.05) is 0 Å². The van der Waals surface area contributed by atoms with Crippen LogP contribution in [0, 0.1) is 5.82 Å². The van der Waals surface area contributed by atoms with Gasteiger partial charge in [0, 0.05) is 30.5 Å². The summed E-state index contributed by atoms with van der Waals surface area (Å²) < 4.78 is 18.1. The van der Waals surface area contributed by atoms with Gasteiger partial charge >= 0.3 is 6.03 Å². The zero-order chi connectivity index (χ0) is 22.9. The largest absolute Gasteiger partial charge is 0.409 e. The number of guanidine groups is 1. The lowest BCUT2D eigenvalue weighted by molar-refractivity contribution is 0.256. The molecule has 0 aliphatic rings. The average Bonchev–Trinajstić information content (AvgIpc) is 3.44. The predicted octanol–water partition coefficient (Wildman–Crippen LogP) is 1.19. The number of hydrogen-bond acceptors (Lipinski definition) is 7. The minimum Gasteiger partial charge on any atom is -0.409 e. The van der Waals surface area contributed by atoms with Crippen molar-refractivity contribution in [3.63, 3.8) is 0 Å². The van der Waals surface area contributed by atoms with E-state index in [0.29, 0.717) is 18.7 Å². The highest BCUT2D eigenvalue weighted by Crippen LogP contribution is 2.20. The van der Waals surface area contributed by atoms with Crippen molar-refractivity contribution in [3.05, 3.63) is 58.6 Å². The molecule has 168 valence electrons. The van der Waals surface area contributed by atoms with E-state index < -0.39 is 11.8 Å². The van der Waals surface area contributed by atoms with E-state index in [0.717, 1.165) is 11.8 Å². The van der Waals surface area contributed by atoms with E-state index in [1.54, 1.807) is 12.5 Å². The summed E-state index contributed by atoms with van der Waals surface area (Å²) >= 11 is 5.76. The molecular weight excluding hydrogens is 447 g/mol. The summed E-state index contributed by atoms with van der Waals surface area (Å²) in [5.41, 5.74) is 6.63. The number of H-pyrrole nitrogens is 1. The summed E-state index contributed by atoms with van der Waals surface area (Å²) in [5, 5.41) is 28.4. The molecule has 3 rings (SSSR count). The van der Waals surface area contributed by atoms with Crippen molar-refractivity contribution in [1.82, 2.24) is 30.9 Å². The highest BCUT2D eigenvalue weighted by atomic mass is 35.5. The Morgan fingerprint density at radius 2 is 2.19 bits per heavy atom. The van der Waals surface area contributed by atoms with E-state index in [4.69, 9.17) is 22.0 Å². The molecule has 1 aromatic carbocycles. The van der Waals surface area contributed by atoms with Crippen molar-refractivity contribution >= 4 is 35.1 Å². The first-order chi connectivity index (χ1) is 15.5. The Hall–Kier alpha value is -4.20. The number of rotatable bonds is 7. The Balaban J connectivity index is 1.65. The van der Waals surface area contributed by atoms with Gasteiger partial charge in [-0.2, -0.15) is 4.99 Å². The van der Waals surface area contributed by atoms with Crippen molar-refractivity contribution in [3.8, 4) is 0 Å². The fourth-order valence-corrected chi connectivity index (χ4v) is 2.68. The minimum absolute atomic E-state index is 0.0210. The van der Waals surface area contributed by atoms with E-state index in [1.165, 1.54) is 12.1 Å². The third-order valence-electron chi connectivity index (χ3n) is 3.95. The number of nitrogens with zero attached hydrogens (tertiary/aromatic N) is 5. The van der Waals surface area contributed by atoms with Crippen LogP contribution in [-0.4, -0.2) is 49.9 Å². The van der Waals surface area contributed by atoms with Gasteiger partial charge in [-0.15, -0.1) is 0 Å². The van der Waals surface area contributed by atoms with Gasteiger partial charge in [-0.05, 0) is 23.4 Å². The Bertz CT molecular complexity index is 1120. The molecule has 0 saturated carbocycles. The molecular formula is C17H18ClFN10O3. The Kier molecular flexibility index (Phi) is 7.53. The zero-order valence-corrected chi connectivity index (χ0v) is 17.1. The van der Waals surface area contributed by atoms with Crippen molar-refractivity contribution in [2.45, 2.75) is 13.0 Å². The number of aromatic nitrogens is 4. The number of halogens is 2. The number of hydrogen-bond donors (Lipinski definition) is 6. The molecule has 32 heavy (non-hydrogen) atoms. The first-order valence-corrected chi connectivity index (χ1v) is 9.43. The van der Waals surface area contributed by atoms with Gasteiger partial charge in [-0.1, -0.05) is 21.9 Å². The number of anilines is 1. The number of benzene rings is 1. The van der Waals surface area contributed by atoms with Gasteiger partial charge in [0.15, 0.2) is 5.69 Å². The molecule has 0 spiro atoms. The third-order valence-corrected chi connectivity index (χ3v) is 4.24. The summed E-state index contributed by atoms with van der Waals surface area (Å²) in [5.74, 6) is -0.646. The van der Waals surface area contributed by atoms with Gasteiger partial charge in [0.25, 0.3) is 0 Å². The SMILES string of the molecule is NC(=O)/N=C(\NCCc1cnc[nH]1)NCc1nonc1/C(=N/O)Nc1ccc(F)c(Cl)c1. The van der Waals surface area contributed by atoms with Crippen LogP contribution < -0.4 is 21.7 Å². The molecule has 0 aliphatic carbocycles. The molecule has 3 aromatic rings. The number of aliphatic imine (C=N–C) groups is 1. The molecule has 15 heteroatoms. The highest BCUT2D eigenvalue weighted by molar-refractivity contribution is 6.31. The normalized spacial score (nSPS) is 11.9. The van der Waals surface area contributed by atoms with Crippen molar-refractivity contribution in [2.24, 2.45) is 15.9 Å². The van der Waals surface area contributed by atoms with Crippen LogP contribution in [0.2, 0.25) is 5.02 Å². The van der Waals surface area contributed by atoms with E-state index in [-0.39, 0.29) is 34.8 Å². The van der Waals surface area contributed by atoms with Gasteiger partial charge in [-0.3, -0.25) is 0 Å². The van der Waals surface area contributed by atoms with Crippen LogP contribution in [0.4, 0.5) is 14.9 Å². The topological polar surface area (TPSA) is 192 Å². The fourth-order valence-electron chi connectivity index (χ4n) is 2.50. The lowest BCUT2D eigenvalue weighted by atomic mass is 10.2. The first-order valence-electron chi connectivity index (χ1n) is 9.05. The number of amides is 2. The van der Waals surface area contributed by atoms with Crippen LogP contribution in [-0.2, 0) is 13.0 Å². The standard InChI is InChI=1S/C17H18ClFN10O3/c18-11-5-9(1-2-12(11)19)25-15(27-31)14-13(28-32-29-14)7-23-17(26-16(20)30)22-4-3-10-6-21-8-24-10/h1-2,5-6,8,31H,3-4,7H2,(H,21,24)(H,25,27)(H4,20,22,23,26,30). The molecule has 7 N–H and O–H groups in total. The predicted molar refractivity (Wildman–Crippen MR) is 112 cm³/mol. The van der Waals surface area contributed by atoms with Crippen LogP contribution in [0.1, 0.15) is 17.1 Å². The van der Waals surface area contributed by atoms with Crippen LogP contribution in [0.15, 0.2) is 45.5 Å². The number of amidine groups is 1. The van der Waals surface area contributed by atoms with Crippen LogP contribution >= 0.6 is 11.6 Å². The van der Waals surface area contributed by atoms with Crippen LogP contribution in [0.5, 0.6) is 0 Å². The van der Waals surface area contributed by atoms with Gasteiger partial charge in [0.05, 0.1) is 17.9 Å². The number of aromatic amines is 1. The van der Waals surface area contributed by atoms with Gasteiger partial charge in [-0.25, -0.2) is 18.8 Å². The van der Waals surface area contributed by atoms with Crippen molar-refractivity contribution in [2.75, 3.05) is 11.9 Å². The van der Waals surface area contributed by atoms with Crippen LogP contribution in [0.3, 0.4) is 0 Å². The molecule has 0 radical (unpaired) electrons. The maximum atomic E-state index is 13.4. The van der Waals surface area contributed by atoms with E-state index >= 15 is 0 Å². The maximum absolute atomic E-state index is 13.4. The highest BCUT2D eigenvalue weighted by Gasteiger charge is 2.18. The average molecular weight is 465 g/mol. The molecule has 13 nitrogen and oxygen atoms in total. The number of nitrogens with two attached hydrogens (primary N) is 1. The molecule has 0 fully saturated rings. The number of carbonyl (C=O) groups is 1. The van der Waals surface area contributed by atoms with Crippen molar-refractivity contribution < 1.29 is 19.0 Å². The summed E-state index contributed by atoms with van der Waals surface area (Å²) in [6, 6.07) is 2.92. The van der Waals surface area contributed by atoms with Gasteiger partial charge in [0.1, 0.15) is 11.5 Å². The smallest absolute Gasteiger partial charge is 0.341 e. The zero-order valence-electron chi connectivity index (χ0n) is 16.3. The number of oxime groups is 1. The molecule has 2 heterocycles. The minimum atomic E-state index is -0.910. The molecule has 0 bridgehead atoms. The summed E-state index contributed by atoms with van der Waals surface area (Å²) in [6.45, 7) is 0.397. The number of urea groups is 1. The van der Waals surface area contributed by atoms with Crippen molar-refractivity contribution in [1.29, 1.82) is 0 Å². The first kappa shape index (κ1) is 22.5. The lowest BCUT2D eigenvalue weighted by Crippen LogP contribution is -2.39. The number of nitrogens with one attached hydrogen (secondary N) is 4. The quantitative estimate of drug-likeness (QED) is 0.129. The summed E-state index contributed by atoms with van der Waals surface area (Å²) in [7, 11) is 0. The second-order valence-electron chi connectivity index (χ2n) is 6.17. The second-order valence-corrected chi connectivity index (χ2v) is 6.58. The molecule has 2 aromatic heterocycles. The van der Waals surface area contributed by atoms with Gasteiger partial charge < -0.3 is 31.9 Å². The Morgan fingerprint density at radius 1 is 1.34 bits per heavy atom. The fraction of sp³-hybridized carbons (Fsp3) is 0.176. The molecule has 2 amide bonds. The van der Waals surface area contributed by atoms with Gasteiger partial charge in [0.2, 0.25) is 11.8 Å². The number of imidazole rings is 1. The van der Waals surface area contributed by atoms with E-state index in [2.05, 4.69) is 46.4 Å². The third kappa shape index (κ3) is 6.15. The number of carbonyl (C=O) groups excluding carboxylic acids is 1. The molecule has 0 saturated heterocycles. The maximum Gasteiger partial charge on any atom is 0.341 e. The lowest BCUT2D eigenvalue weighted by Gasteiger charge is -2.11.